The van der Waals surface area contributed by atoms with E-state index in [0.29, 0.717) is 6.42 Å². The largest absolute Gasteiger partial charge is 0.392 e. The highest BCUT2D eigenvalue weighted by atomic mass is 32.1. The zero-order valence-corrected chi connectivity index (χ0v) is 23.2. The van der Waals surface area contributed by atoms with E-state index < -0.39 is 23.5 Å². The van der Waals surface area contributed by atoms with Crippen molar-refractivity contribution in [2.45, 2.75) is 104 Å². The van der Waals surface area contributed by atoms with Crippen LogP contribution in [0.15, 0.2) is 23.6 Å². The molecule has 7 nitrogen and oxygen atoms in total. The summed E-state index contributed by atoms with van der Waals surface area (Å²) in [6.45, 7) is 15.0. The second-order valence-corrected chi connectivity index (χ2v) is 12.4. The van der Waals surface area contributed by atoms with Gasteiger partial charge in [0.15, 0.2) is 0 Å². The van der Waals surface area contributed by atoms with E-state index >= 15 is 0 Å². The Labute approximate surface area is 219 Å². The summed E-state index contributed by atoms with van der Waals surface area (Å²) >= 11 is 1.57. The van der Waals surface area contributed by atoms with E-state index in [1.165, 1.54) is 6.08 Å². The molecule has 200 valence electrons. The molecule has 1 aromatic rings. The van der Waals surface area contributed by atoms with Crippen LogP contribution in [-0.4, -0.2) is 56.8 Å². The van der Waals surface area contributed by atoms with Gasteiger partial charge in [0.25, 0.3) is 0 Å². The summed E-state index contributed by atoms with van der Waals surface area (Å²) in [5.41, 5.74) is 0.300. The first-order valence-corrected chi connectivity index (χ1v) is 13.8. The van der Waals surface area contributed by atoms with E-state index in [-0.39, 0.29) is 41.8 Å². The van der Waals surface area contributed by atoms with Crippen LogP contribution in [0, 0.1) is 24.2 Å². The van der Waals surface area contributed by atoms with Crippen molar-refractivity contribution < 1.29 is 24.5 Å². The van der Waals surface area contributed by atoms with Gasteiger partial charge in [0, 0.05) is 11.8 Å². The maximum Gasteiger partial charge on any atom is 0.223 e. The first-order chi connectivity index (χ1) is 16.8. The smallest absolute Gasteiger partial charge is 0.223 e. The quantitative estimate of drug-likeness (QED) is 0.408. The van der Waals surface area contributed by atoms with E-state index in [4.69, 9.17) is 4.74 Å². The van der Waals surface area contributed by atoms with E-state index in [0.717, 1.165) is 35.5 Å². The molecular formula is C28H42N2O5S. The fourth-order valence-corrected chi connectivity index (χ4v) is 5.71. The van der Waals surface area contributed by atoms with Crippen LogP contribution in [0.3, 0.4) is 0 Å². The molecule has 0 aromatic carbocycles. The highest BCUT2D eigenvalue weighted by Crippen LogP contribution is 2.44. The van der Waals surface area contributed by atoms with Gasteiger partial charge in [0.1, 0.15) is 5.78 Å². The van der Waals surface area contributed by atoms with E-state index in [9.17, 15) is 19.8 Å². The molecule has 0 bridgehead atoms. The number of hydrogen-bond acceptors (Lipinski definition) is 7. The van der Waals surface area contributed by atoms with Gasteiger partial charge in [0.2, 0.25) is 5.91 Å². The summed E-state index contributed by atoms with van der Waals surface area (Å²) < 4.78 is 6.10. The number of aryl methyl sites for hydroxylation is 1. The number of epoxide rings is 1. The summed E-state index contributed by atoms with van der Waals surface area (Å²) in [6.07, 6.45) is 4.14. The van der Waals surface area contributed by atoms with Gasteiger partial charge in [0.05, 0.1) is 58.4 Å². The molecule has 3 heterocycles. The van der Waals surface area contributed by atoms with Crippen LogP contribution in [-0.2, 0) is 14.3 Å². The number of ether oxygens (including phenoxy) is 1. The van der Waals surface area contributed by atoms with E-state index in [2.05, 4.69) is 23.8 Å². The average molecular weight is 519 g/mol. The highest BCUT2D eigenvalue weighted by Gasteiger charge is 2.52. The second kappa shape index (κ2) is 11.3. The zero-order chi connectivity index (χ0) is 26.8. The lowest BCUT2D eigenvalue weighted by atomic mass is 9.72. The molecule has 2 aliphatic rings. The number of aliphatic hydroxyl groups is 2. The van der Waals surface area contributed by atoms with Gasteiger partial charge in [-0.25, -0.2) is 4.98 Å². The minimum atomic E-state index is -1.23. The fourth-order valence-electron chi connectivity index (χ4n) is 5.14. The molecule has 0 radical (unpaired) electrons. The van der Waals surface area contributed by atoms with Crippen molar-refractivity contribution in [3.63, 3.8) is 0 Å². The first kappa shape index (κ1) is 28.7. The Bertz CT molecular complexity index is 1000. The van der Waals surface area contributed by atoms with Crippen LogP contribution in [0.2, 0.25) is 0 Å². The normalized spacial score (nSPS) is 36.6. The average Bonchev–Trinajstić information content (AvgIpc) is 3.24. The van der Waals surface area contributed by atoms with Crippen molar-refractivity contribution in [1.82, 2.24) is 10.3 Å². The van der Waals surface area contributed by atoms with Gasteiger partial charge >= 0.3 is 0 Å². The molecule has 2 fully saturated rings. The molecule has 2 saturated heterocycles. The van der Waals surface area contributed by atoms with Crippen LogP contribution in [0.4, 0.5) is 0 Å². The van der Waals surface area contributed by atoms with Gasteiger partial charge in [-0.3, -0.25) is 9.59 Å². The third kappa shape index (κ3) is 6.52. The molecule has 0 aliphatic carbocycles. The first-order valence-electron chi connectivity index (χ1n) is 12.9. The van der Waals surface area contributed by atoms with Gasteiger partial charge in [-0.2, -0.15) is 0 Å². The molecule has 3 N–H and O–H groups in total. The van der Waals surface area contributed by atoms with Crippen molar-refractivity contribution in [3.8, 4) is 0 Å². The number of hydrogen-bond donors (Lipinski definition) is 3. The lowest BCUT2D eigenvalue weighted by molar-refractivity contribution is -0.141. The van der Waals surface area contributed by atoms with E-state index in [1.54, 1.807) is 25.2 Å². The van der Waals surface area contributed by atoms with Gasteiger partial charge < -0.3 is 20.3 Å². The number of aliphatic hydroxyl groups excluding tert-OH is 2. The predicted molar refractivity (Wildman–Crippen MR) is 142 cm³/mol. The lowest BCUT2D eigenvalue weighted by Crippen LogP contribution is -2.47. The minimum absolute atomic E-state index is 0.000298. The molecule has 7 atom stereocenters. The number of fused-ring (bicyclic) bond motifs is 1. The number of thiazole rings is 1. The van der Waals surface area contributed by atoms with Crippen molar-refractivity contribution >= 4 is 29.1 Å². The number of nitrogens with one attached hydrogen (secondary N) is 1. The molecule has 2 aliphatic heterocycles. The number of amides is 1. The molecule has 1 amide bonds. The molecule has 1 aromatic heterocycles. The lowest BCUT2D eigenvalue weighted by Gasteiger charge is -2.35. The molecule has 0 spiro atoms. The zero-order valence-electron chi connectivity index (χ0n) is 22.4. The summed E-state index contributed by atoms with van der Waals surface area (Å²) in [6, 6.07) is -0.285. The van der Waals surface area contributed by atoms with Crippen molar-refractivity contribution in [2.24, 2.45) is 17.3 Å². The molecule has 3 rings (SSSR count). The number of Topliss-reactive ketones (excluding diaryl/α,β-unsaturated/α-hetero) is 1. The summed E-state index contributed by atoms with van der Waals surface area (Å²) in [7, 11) is 0. The number of rotatable bonds is 3. The monoisotopic (exact) mass is 518 g/mol. The van der Waals surface area contributed by atoms with Gasteiger partial charge in [-0.05, 0) is 51.2 Å². The third-order valence-electron chi connectivity index (χ3n) is 8.07. The van der Waals surface area contributed by atoms with E-state index in [1.807, 2.05) is 32.2 Å². The van der Waals surface area contributed by atoms with Gasteiger partial charge in [-0.15, -0.1) is 17.9 Å². The Morgan fingerprint density at radius 3 is 2.61 bits per heavy atom. The number of nitrogens with zero attached hydrogens (tertiary/aromatic N) is 1. The molecule has 0 saturated carbocycles. The third-order valence-corrected chi connectivity index (χ3v) is 8.86. The van der Waals surface area contributed by atoms with Crippen LogP contribution in [0.25, 0.3) is 6.08 Å². The fraction of sp³-hybridized carbons (Fsp3) is 0.679. The molecular weight excluding hydrogens is 476 g/mol. The maximum absolute atomic E-state index is 13.4. The topological polar surface area (TPSA) is 112 Å². The second-order valence-electron chi connectivity index (χ2n) is 11.4. The standard InChI is InChI=1S/C28H42N2O5S/c1-8-20-25(33)16(2)10-9-11-28(7)23(35-28)13-21(17(3)12-19-15-36-18(4)29-19)30-24(32)14-22(31)27(5,6)26(20)34/h8,12,15-16,20-23,25,31,33H,1,9-11,13-14H2,2-7H3,(H,30,32)/b17-12+/t16?,20?,21?,22-,23-,25?,28+/m0/s1. The van der Waals surface area contributed by atoms with Crippen molar-refractivity contribution in [2.75, 3.05) is 0 Å². The molecule has 8 heteroatoms. The molecule has 4 unspecified atom stereocenters. The Hall–Kier alpha value is -1.87. The SMILES string of the molecule is C=CC1C(=O)C(C)(C)[C@@H](O)CC(=O)NC(/C(C)=C/c2csc(C)n2)C[C@@H]2O[C@]2(C)CCCC(C)C1O. The van der Waals surface area contributed by atoms with Gasteiger partial charge in [-0.1, -0.05) is 33.3 Å². The summed E-state index contributed by atoms with van der Waals surface area (Å²) in [5.74, 6) is -1.59. The Balaban J connectivity index is 1.88. The van der Waals surface area contributed by atoms with Crippen LogP contribution >= 0.6 is 11.3 Å². The van der Waals surface area contributed by atoms with Crippen LogP contribution in [0.1, 0.15) is 77.4 Å². The summed E-state index contributed by atoms with van der Waals surface area (Å²) in [4.78, 5) is 31.0. The number of carbonyl (C=O) groups excluding carboxylic acids is 2. The summed E-state index contributed by atoms with van der Waals surface area (Å²) in [5, 5.41) is 28.0. The van der Waals surface area contributed by atoms with Crippen LogP contribution < -0.4 is 5.32 Å². The number of ketones is 1. The Morgan fingerprint density at radius 1 is 1.31 bits per heavy atom. The number of carbonyl (C=O) groups is 2. The maximum atomic E-state index is 13.4. The Morgan fingerprint density at radius 2 is 2.00 bits per heavy atom. The Kier molecular flexibility index (Phi) is 8.97. The van der Waals surface area contributed by atoms with Crippen molar-refractivity contribution in [1.29, 1.82) is 0 Å². The number of aromatic nitrogens is 1. The minimum Gasteiger partial charge on any atom is -0.392 e. The van der Waals surface area contributed by atoms with Crippen molar-refractivity contribution in [3.05, 3.63) is 34.3 Å². The predicted octanol–water partition coefficient (Wildman–Crippen LogP) is 4.22. The van der Waals surface area contributed by atoms with Crippen LogP contribution in [0.5, 0.6) is 0 Å². The molecule has 36 heavy (non-hydrogen) atoms. The highest BCUT2D eigenvalue weighted by molar-refractivity contribution is 7.09.